The Morgan fingerprint density at radius 3 is 2.36 bits per heavy atom. The molecule has 0 spiro atoms. The second kappa shape index (κ2) is 9.53. The van der Waals surface area contributed by atoms with Crippen molar-refractivity contribution in [1.82, 2.24) is 4.90 Å². The minimum Gasteiger partial charge on any atom is -0.334 e. The summed E-state index contributed by atoms with van der Waals surface area (Å²) in [5.74, 6) is 1.46. The molecule has 3 rings (SSSR count). The van der Waals surface area contributed by atoms with E-state index in [9.17, 15) is 9.59 Å². The van der Waals surface area contributed by atoms with Gasteiger partial charge in [0.15, 0.2) is 0 Å². The molecule has 1 aromatic carbocycles. The van der Waals surface area contributed by atoms with Gasteiger partial charge in [-0.1, -0.05) is 31.4 Å². The Balaban J connectivity index is 1.60. The summed E-state index contributed by atoms with van der Waals surface area (Å²) in [6.45, 7) is 1.39. The fourth-order valence-electron chi connectivity index (χ4n) is 3.22. The fraction of sp³-hybridized carbons (Fsp3) is 0.579. The van der Waals surface area contributed by atoms with E-state index < -0.39 is 11.8 Å². The third-order valence-electron chi connectivity index (χ3n) is 4.58. The Morgan fingerprint density at radius 1 is 0.960 bits per heavy atom. The highest BCUT2D eigenvalue weighted by atomic mass is 32.2. The van der Waals surface area contributed by atoms with Gasteiger partial charge in [0.1, 0.15) is 0 Å². The number of anilines is 1. The van der Waals surface area contributed by atoms with E-state index in [-0.39, 0.29) is 0 Å². The summed E-state index contributed by atoms with van der Waals surface area (Å²) in [5.41, 5.74) is 1.93. The van der Waals surface area contributed by atoms with Gasteiger partial charge in [0.25, 0.3) is 0 Å². The van der Waals surface area contributed by atoms with Crippen LogP contribution in [-0.4, -0.2) is 41.3 Å². The third-order valence-corrected chi connectivity index (χ3v) is 7.60. The van der Waals surface area contributed by atoms with Gasteiger partial charge in [-0.15, -0.1) is 23.5 Å². The second-order valence-electron chi connectivity index (χ2n) is 6.57. The maximum atomic E-state index is 12.5. The number of rotatable bonds is 2. The first kappa shape index (κ1) is 18.6. The van der Waals surface area contributed by atoms with E-state index in [1.54, 1.807) is 4.90 Å². The van der Waals surface area contributed by atoms with E-state index >= 15 is 0 Å². The number of carbonyl (C=O) groups excluding carboxylic acids is 2. The van der Waals surface area contributed by atoms with E-state index in [1.807, 2.05) is 41.7 Å². The first-order chi connectivity index (χ1) is 12.2. The topological polar surface area (TPSA) is 49.4 Å². The van der Waals surface area contributed by atoms with Crippen LogP contribution in [0.25, 0.3) is 0 Å². The van der Waals surface area contributed by atoms with Gasteiger partial charge in [0.2, 0.25) is 0 Å². The standard InChI is InChI=1S/C19H26N2O2S2/c22-17(18(23)21-10-4-2-1-3-5-11-21)20-16-9-6-8-15(14-16)19-24-12-7-13-25-19/h6,8-9,14,19H,1-5,7,10-13H2,(H,20,22). The number of hydrogen-bond donors (Lipinski definition) is 1. The van der Waals surface area contributed by atoms with Gasteiger partial charge >= 0.3 is 11.8 Å². The molecule has 2 aliphatic rings. The maximum absolute atomic E-state index is 12.5. The van der Waals surface area contributed by atoms with Gasteiger partial charge in [-0.25, -0.2) is 0 Å². The van der Waals surface area contributed by atoms with Crippen LogP contribution in [0.4, 0.5) is 5.69 Å². The smallest absolute Gasteiger partial charge is 0.313 e. The number of amides is 2. The number of carbonyl (C=O) groups is 2. The monoisotopic (exact) mass is 378 g/mol. The molecule has 0 atom stereocenters. The number of nitrogens with zero attached hydrogens (tertiary/aromatic N) is 1. The molecule has 136 valence electrons. The highest BCUT2D eigenvalue weighted by Gasteiger charge is 2.23. The average molecular weight is 379 g/mol. The van der Waals surface area contributed by atoms with Crippen LogP contribution in [0.5, 0.6) is 0 Å². The van der Waals surface area contributed by atoms with Crippen molar-refractivity contribution in [2.45, 2.75) is 43.1 Å². The lowest BCUT2D eigenvalue weighted by Gasteiger charge is -2.24. The van der Waals surface area contributed by atoms with Crippen molar-refractivity contribution in [2.24, 2.45) is 0 Å². The van der Waals surface area contributed by atoms with Crippen molar-refractivity contribution in [3.05, 3.63) is 29.8 Å². The molecule has 0 bridgehead atoms. The zero-order chi connectivity index (χ0) is 17.5. The fourth-order valence-corrected chi connectivity index (χ4v) is 6.10. The highest BCUT2D eigenvalue weighted by Crippen LogP contribution is 2.44. The molecule has 0 radical (unpaired) electrons. The van der Waals surface area contributed by atoms with Crippen LogP contribution in [0.15, 0.2) is 24.3 Å². The van der Waals surface area contributed by atoms with Gasteiger partial charge in [0, 0.05) is 18.8 Å². The molecule has 2 fully saturated rings. The molecule has 4 nitrogen and oxygen atoms in total. The quantitative estimate of drug-likeness (QED) is 0.780. The summed E-state index contributed by atoms with van der Waals surface area (Å²) in [4.78, 5) is 26.6. The third kappa shape index (κ3) is 5.42. The largest absolute Gasteiger partial charge is 0.334 e. The second-order valence-corrected chi connectivity index (χ2v) is 9.29. The molecule has 1 aromatic rings. The van der Waals surface area contributed by atoms with Gasteiger partial charge in [-0.2, -0.15) is 0 Å². The Kier molecular flexibility index (Phi) is 7.11. The molecule has 2 heterocycles. The van der Waals surface area contributed by atoms with Crippen molar-refractivity contribution in [1.29, 1.82) is 0 Å². The maximum Gasteiger partial charge on any atom is 0.313 e. The number of likely N-dealkylation sites (tertiary alicyclic amines) is 1. The molecular formula is C19H26N2O2S2. The molecule has 6 heteroatoms. The predicted octanol–water partition coefficient (Wildman–Crippen LogP) is 4.29. The molecule has 2 saturated heterocycles. The van der Waals surface area contributed by atoms with E-state index in [2.05, 4.69) is 11.4 Å². The number of thioether (sulfide) groups is 2. The lowest BCUT2D eigenvalue weighted by molar-refractivity contribution is -0.143. The van der Waals surface area contributed by atoms with Gasteiger partial charge in [-0.05, 0) is 48.5 Å². The number of benzene rings is 1. The van der Waals surface area contributed by atoms with E-state index in [0.717, 1.165) is 31.4 Å². The summed E-state index contributed by atoms with van der Waals surface area (Å²) >= 11 is 3.90. The summed E-state index contributed by atoms with van der Waals surface area (Å²) in [5, 5.41) is 2.81. The van der Waals surface area contributed by atoms with Crippen LogP contribution in [0, 0.1) is 0 Å². The molecule has 2 amide bonds. The Labute approximate surface area is 158 Å². The summed E-state index contributed by atoms with van der Waals surface area (Å²) < 4.78 is 0.427. The average Bonchev–Trinajstić information content (AvgIpc) is 2.62. The van der Waals surface area contributed by atoms with Crippen LogP contribution in [0.3, 0.4) is 0 Å². The van der Waals surface area contributed by atoms with Crippen LogP contribution < -0.4 is 5.32 Å². The highest BCUT2D eigenvalue weighted by molar-refractivity contribution is 8.16. The SMILES string of the molecule is O=C(Nc1cccc(C2SCCCS2)c1)C(=O)N1CCCCCCC1. The predicted molar refractivity (Wildman–Crippen MR) is 107 cm³/mol. The van der Waals surface area contributed by atoms with Crippen molar-refractivity contribution < 1.29 is 9.59 Å². The summed E-state index contributed by atoms with van der Waals surface area (Å²) in [6.07, 6.45) is 6.76. The first-order valence-corrected chi connectivity index (χ1v) is 11.3. The number of nitrogens with one attached hydrogen (secondary N) is 1. The van der Waals surface area contributed by atoms with Crippen molar-refractivity contribution in [2.75, 3.05) is 29.9 Å². The molecule has 0 unspecified atom stereocenters. The van der Waals surface area contributed by atoms with E-state index in [4.69, 9.17) is 0 Å². The first-order valence-electron chi connectivity index (χ1n) is 9.17. The molecule has 0 aromatic heterocycles. The zero-order valence-corrected chi connectivity index (χ0v) is 16.2. The van der Waals surface area contributed by atoms with Crippen LogP contribution in [0.2, 0.25) is 0 Å². The Bertz CT molecular complexity index is 595. The minimum absolute atomic E-state index is 0.395. The molecule has 0 saturated carbocycles. The van der Waals surface area contributed by atoms with Crippen molar-refractivity contribution >= 4 is 41.0 Å². The molecule has 2 aliphatic heterocycles. The molecular weight excluding hydrogens is 352 g/mol. The summed E-state index contributed by atoms with van der Waals surface area (Å²) in [7, 11) is 0. The zero-order valence-electron chi connectivity index (χ0n) is 14.5. The lowest BCUT2D eigenvalue weighted by atomic mass is 10.1. The molecule has 1 N–H and O–H groups in total. The Hall–Kier alpha value is -1.14. The van der Waals surface area contributed by atoms with Gasteiger partial charge < -0.3 is 10.2 Å². The summed E-state index contributed by atoms with van der Waals surface area (Å²) in [6, 6.07) is 7.93. The van der Waals surface area contributed by atoms with E-state index in [1.165, 1.54) is 29.9 Å². The van der Waals surface area contributed by atoms with Crippen LogP contribution in [-0.2, 0) is 9.59 Å². The molecule has 25 heavy (non-hydrogen) atoms. The van der Waals surface area contributed by atoms with E-state index in [0.29, 0.717) is 17.7 Å². The number of hydrogen-bond acceptors (Lipinski definition) is 4. The van der Waals surface area contributed by atoms with Gasteiger partial charge in [0.05, 0.1) is 4.58 Å². The van der Waals surface area contributed by atoms with Crippen LogP contribution >= 0.6 is 23.5 Å². The van der Waals surface area contributed by atoms with Gasteiger partial charge in [-0.3, -0.25) is 9.59 Å². The van der Waals surface area contributed by atoms with Crippen molar-refractivity contribution in [3.8, 4) is 0 Å². The van der Waals surface area contributed by atoms with Crippen molar-refractivity contribution in [3.63, 3.8) is 0 Å². The Morgan fingerprint density at radius 2 is 1.64 bits per heavy atom. The molecule has 0 aliphatic carbocycles. The minimum atomic E-state index is -0.512. The normalized spacial score (nSPS) is 19.8. The lowest BCUT2D eigenvalue weighted by Crippen LogP contribution is -2.41. The van der Waals surface area contributed by atoms with Crippen LogP contribution in [0.1, 0.15) is 48.7 Å².